The van der Waals surface area contributed by atoms with Crippen molar-refractivity contribution in [2.45, 2.75) is 32.6 Å². The summed E-state index contributed by atoms with van der Waals surface area (Å²) in [5.41, 5.74) is 0.227. The molecular weight excluding hydrogens is 290 g/mol. The Hall–Kier alpha value is -1.63. The molecular formula is C14H19N3O3S. The second-order valence-corrected chi connectivity index (χ2v) is 6.72. The number of thiazole rings is 1. The number of carboxylic acids is 1. The van der Waals surface area contributed by atoms with Crippen LogP contribution in [0.1, 0.15) is 31.9 Å². The van der Waals surface area contributed by atoms with E-state index in [1.807, 2.05) is 12.3 Å². The third-order valence-electron chi connectivity index (χ3n) is 4.71. The number of hydrogen-bond acceptors (Lipinski definition) is 4. The maximum atomic E-state index is 12.3. The first-order chi connectivity index (χ1) is 10.0. The molecule has 0 unspecified atom stereocenters. The number of nitrogens with one attached hydrogen (secondary N) is 1. The van der Waals surface area contributed by atoms with Gasteiger partial charge in [0.15, 0.2) is 5.13 Å². The third kappa shape index (κ3) is 2.39. The van der Waals surface area contributed by atoms with Crippen LogP contribution in [0.3, 0.4) is 0 Å². The largest absolute Gasteiger partial charge is 0.481 e. The Morgan fingerprint density at radius 2 is 2.43 bits per heavy atom. The van der Waals surface area contributed by atoms with Gasteiger partial charge in [-0.2, -0.15) is 0 Å². The number of amides is 2. The van der Waals surface area contributed by atoms with E-state index in [0.29, 0.717) is 24.6 Å². The normalized spacial score (nSPS) is 27.7. The van der Waals surface area contributed by atoms with Gasteiger partial charge in [0.05, 0.1) is 11.1 Å². The Morgan fingerprint density at radius 1 is 1.62 bits per heavy atom. The van der Waals surface area contributed by atoms with Crippen LogP contribution in [0.25, 0.3) is 0 Å². The van der Waals surface area contributed by atoms with Gasteiger partial charge in [-0.05, 0) is 25.2 Å². The number of hydrogen-bond donors (Lipinski definition) is 2. The average molecular weight is 309 g/mol. The van der Waals surface area contributed by atoms with E-state index >= 15 is 0 Å². The quantitative estimate of drug-likeness (QED) is 0.898. The first-order valence-electron chi connectivity index (χ1n) is 7.29. The van der Waals surface area contributed by atoms with Crippen molar-refractivity contribution in [1.82, 2.24) is 9.88 Å². The van der Waals surface area contributed by atoms with Crippen LogP contribution in [0, 0.1) is 11.3 Å². The second-order valence-electron chi connectivity index (χ2n) is 5.86. The molecule has 1 saturated carbocycles. The lowest BCUT2D eigenvalue weighted by Crippen LogP contribution is -2.38. The van der Waals surface area contributed by atoms with Crippen LogP contribution in [0.2, 0.25) is 0 Å². The van der Waals surface area contributed by atoms with Crippen LogP contribution in [0.15, 0.2) is 5.38 Å². The molecule has 2 N–H and O–H groups in total. The molecule has 1 aromatic rings. The summed E-state index contributed by atoms with van der Waals surface area (Å²) in [5.74, 6) is -0.675. The Labute approximate surface area is 127 Å². The van der Waals surface area contributed by atoms with E-state index in [0.717, 1.165) is 25.0 Å². The molecule has 0 radical (unpaired) electrons. The van der Waals surface area contributed by atoms with Crippen molar-refractivity contribution in [2.24, 2.45) is 11.3 Å². The van der Waals surface area contributed by atoms with Crippen LogP contribution < -0.4 is 5.32 Å². The van der Waals surface area contributed by atoms with Crippen molar-refractivity contribution in [3.05, 3.63) is 11.1 Å². The summed E-state index contributed by atoms with van der Waals surface area (Å²) >= 11 is 1.40. The third-order valence-corrected chi connectivity index (χ3v) is 5.52. The Balaban J connectivity index is 1.68. The minimum absolute atomic E-state index is 0.0863. The summed E-state index contributed by atoms with van der Waals surface area (Å²) in [6, 6.07) is -0.234. The molecule has 2 atom stereocenters. The molecule has 0 bridgehead atoms. The summed E-state index contributed by atoms with van der Waals surface area (Å²) in [7, 11) is 0. The predicted molar refractivity (Wildman–Crippen MR) is 79.5 cm³/mol. The number of nitrogens with zero attached hydrogens (tertiary/aromatic N) is 2. The fourth-order valence-corrected chi connectivity index (χ4v) is 4.27. The zero-order valence-electron chi connectivity index (χ0n) is 12.0. The predicted octanol–water partition coefficient (Wildman–Crippen LogP) is 2.42. The molecule has 0 spiro atoms. The molecule has 3 rings (SSSR count). The van der Waals surface area contributed by atoms with Gasteiger partial charge >= 0.3 is 12.0 Å². The van der Waals surface area contributed by atoms with Crippen LogP contribution >= 0.6 is 11.3 Å². The molecule has 2 heterocycles. The SMILES string of the molecule is CCc1csc(NC(=O)N2C[C@@H]3CCC[C@@]3(C(=O)O)C2)n1. The molecule has 21 heavy (non-hydrogen) atoms. The lowest BCUT2D eigenvalue weighted by Gasteiger charge is -2.23. The number of likely N-dealkylation sites (tertiary alicyclic amines) is 1. The number of urea groups is 1. The van der Waals surface area contributed by atoms with Crippen molar-refractivity contribution in [1.29, 1.82) is 0 Å². The van der Waals surface area contributed by atoms with Gasteiger partial charge in [-0.3, -0.25) is 10.1 Å². The van der Waals surface area contributed by atoms with E-state index in [1.165, 1.54) is 11.3 Å². The zero-order valence-corrected chi connectivity index (χ0v) is 12.8. The van der Waals surface area contributed by atoms with E-state index in [2.05, 4.69) is 10.3 Å². The number of anilines is 1. The highest BCUT2D eigenvalue weighted by Crippen LogP contribution is 2.48. The van der Waals surface area contributed by atoms with Crippen molar-refractivity contribution in [3.8, 4) is 0 Å². The van der Waals surface area contributed by atoms with Gasteiger partial charge in [-0.1, -0.05) is 13.3 Å². The lowest BCUT2D eigenvalue weighted by atomic mass is 9.81. The molecule has 1 aliphatic carbocycles. The Morgan fingerprint density at radius 3 is 3.05 bits per heavy atom. The van der Waals surface area contributed by atoms with E-state index in [9.17, 15) is 14.7 Å². The molecule has 0 aromatic carbocycles. The topological polar surface area (TPSA) is 82.5 Å². The van der Waals surface area contributed by atoms with Gasteiger partial charge in [0.1, 0.15) is 0 Å². The monoisotopic (exact) mass is 309 g/mol. The summed E-state index contributed by atoms with van der Waals surface area (Å²) in [6.45, 7) is 2.86. The molecule has 7 heteroatoms. The Bertz CT molecular complexity index is 574. The zero-order chi connectivity index (χ0) is 15.0. The van der Waals surface area contributed by atoms with Crippen molar-refractivity contribution in [3.63, 3.8) is 0 Å². The number of carbonyl (C=O) groups is 2. The van der Waals surface area contributed by atoms with E-state index in [-0.39, 0.29) is 11.9 Å². The number of fused-ring (bicyclic) bond motifs is 1. The number of aryl methyl sites for hydroxylation is 1. The number of carbonyl (C=O) groups excluding carboxylic acids is 1. The smallest absolute Gasteiger partial charge is 0.323 e. The molecule has 114 valence electrons. The van der Waals surface area contributed by atoms with Crippen molar-refractivity contribution in [2.75, 3.05) is 18.4 Å². The van der Waals surface area contributed by atoms with E-state index in [1.54, 1.807) is 4.90 Å². The van der Waals surface area contributed by atoms with E-state index < -0.39 is 11.4 Å². The molecule has 1 saturated heterocycles. The fourth-order valence-electron chi connectivity index (χ4n) is 3.49. The summed E-state index contributed by atoms with van der Waals surface area (Å²) in [4.78, 5) is 29.8. The van der Waals surface area contributed by atoms with Crippen molar-refractivity contribution < 1.29 is 14.7 Å². The van der Waals surface area contributed by atoms with Gasteiger partial charge in [0, 0.05) is 18.5 Å². The molecule has 2 aliphatic rings. The lowest BCUT2D eigenvalue weighted by molar-refractivity contribution is -0.149. The Kier molecular flexibility index (Phi) is 3.61. The fraction of sp³-hybridized carbons (Fsp3) is 0.643. The molecule has 2 amide bonds. The highest BCUT2D eigenvalue weighted by atomic mass is 32.1. The number of rotatable bonds is 3. The van der Waals surface area contributed by atoms with Gasteiger partial charge in [0.2, 0.25) is 0 Å². The van der Waals surface area contributed by atoms with Crippen LogP contribution in [-0.4, -0.2) is 40.1 Å². The standard InChI is InChI=1S/C14H19N3O3S/c1-2-10-7-21-12(15-10)16-13(20)17-6-9-4-3-5-14(9,8-17)11(18)19/h7,9H,2-6,8H2,1H3,(H,18,19)(H,15,16,20)/t9-,14+/m0/s1. The molecule has 2 fully saturated rings. The van der Waals surface area contributed by atoms with Crippen LogP contribution in [0.4, 0.5) is 9.93 Å². The van der Waals surface area contributed by atoms with Crippen LogP contribution in [0.5, 0.6) is 0 Å². The van der Waals surface area contributed by atoms with Crippen LogP contribution in [-0.2, 0) is 11.2 Å². The minimum Gasteiger partial charge on any atom is -0.481 e. The van der Waals surface area contributed by atoms with Gasteiger partial charge in [-0.15, -0.1) is 11.3 Å². The summed E-state index contributed by atoms with van der Waals surface area (Å²) < 4.78 is 0. The number of aromatic nitrogens is 1. The van der Waals surface area contributed by atoms with Gasteiger partial charge < -0.3 is 10.0 Å². The van der Waals surface area contributed by atoms with E-state index in [4.69, 9.17) is 0 Å². The highest BCUT2D eigenvalue weighted by Gasteiger charge is 2.55. The summed E-state index contributed by atoms with van der Waals surface area (Å²) in [5, 5.41) is 14.8. The van der Waals surface area contributed by atoms with Gasteiger partial charge in [-0.25, -0.2) is 9.78 Å². The van der Waals surface area contributed by atoms with Crippen molar-refractivity contribution >= 4 is 28.5 Å². The van der Waals surface area contributed by atoms with Gasteiger partial charge in [0.25, 0.3) is 0 Å². The maximum Gasteiger partial charge on any atom is 0.323 e. The summed E-state index contributed by atoms with van der Waals surface area (Å²) in [6.07, 6.45) is 3.35. The molecule has 1 aromatic heterocycles. The number of aliphatic carboxylic acids is 1. The minimum atomic E-state index is -0.761. The first kappa shape index (κ1) is 14.3. The highest BCUT2D eigenvalue weighted by molar-refractivity contribution is 7.13. The number of carboxylic acid groups (broad SMARTS) is 1. The molecule has 1 aliphatic heterocycles. The average Bonchev–Trinajstić information content (AvgIpc) is 3.11. The maximum absolute atomic E-state index is 12.3. The molecule has 6 nitrogen and oxygen atoms in total. The first-order valence-corrected chi connectivity index (χ1v) is 8.17. The second kappa shape index (κ2) is 5.29.